The molecule has 0 saturated carbocycles. The Morgan fingerprint density at radius 2 is 2.08 bits per heavy atom. The van der Waals surface area contributed by atoms with Crippen molar-refractivity contribution in [2.45, 2.75) is 19.9 Å². The van der Waals surface area contributed by atoms with Crippen LogP contribution in [-0.4, -0.2) is 42.2 Å². The van der Waals surface area contributed by atoms with E-state index in [4.69, 9.17) is 10.2 Å². The highest BCUT2D eigenvalue weighted by Gasteiger charge is 2.13. The molecule has 13 heavy (non-hydrogen) atoms. The Morgan fingerprint density at radius 1 is 1.46 bits per heavy atom. The molecular formula is C8H17NO4. The molecule has 0 bridgehead atoms. The van der Waals surface area contributed by atoms with Crippen LogP contribution in [0.1, 0.15) is 13.8 Å². The Kier molecular flexibility index (Phi) is 6.26. The van der Waals surface area contributed by atoms with Crippen molar-refractivity contribution in [3.05, 3.63) is 0 Å². The van der Waals surface area contributed by atoms with Gasteiger partial charge in [-0.2, -0.15) is 0 Å². The quantitative estimate of drug-likeness (QED) is 0.558. The zero-order valence-corrected chi connectivity index (χ0v) is 7.99. The van der Waals surface area contributed by atoms with E-state index >= 15 is 0 Å². The third kappa shape index (κ3) is 5.43. The summed E-state index contributed by atoms with van der Waals surface area (Å²) in [6.45, 7) is 3.42. The first kappa shape index (κ1) is 12.2. The second-order valence-corrected chi connectivity index (χ2v) is 2.95. The van der Waals surface area contributed by atoms with Gasteiger partial charge in [-0.15, -0.1) is 0 Å². The first-order chi connectivity index (χ1) is 6.11. The van der Waals surface area contributed by atoms with Crippen LogP contribution in [0.5, 0.6) is 0 Å². The summed E-state index contributed by atoms with van der Waals surface area (Å²) in [5, 5.41) is 19.7. The van der Waals surface area contributed by atoms with Gasteiger partial charge in [0.1, 0.15) is 6.61 Å². The van der Waals surface area contributed by atoms with Crippen molar-refractivity contribution in [3.8, 4) is 0 Å². The molecule has 0 fully saturated rings. The number of nitrogens with one attached hydrogen (secondary N) is 1. The summed E-state index contributed by atoms with van der Waals surface area (Å²) in [4.78, 5) is 10.9. The summed E-state index contributed by atoms with van der Waals surface area (Å²) in [7, 11) is 0. The van der Waals surface area contributed by atoms with Gasteiger partial charge in [-0.05, 0) is 12.8 Å². The predicted octanol–water partition coefficient (Wildman–Crippen LogP) is -0.278. The number of carbonyl (C=O) groups is 1. The molecule has 0 rings (SSSR count). The zero-order valence-electron chi connectivity index (χ0n) is 7.99. The van der Waals surface area contributed by atoms with E-state index in [1.165, 1.54) is 0 Å². The van der Waals surface area contributed by atoms with Gasteiger partial charge >= 0.3 is 6.09 Å². The van der Waals surface area contributed by atoms with Crippen molar-refractivity contribution in [1.82, 2.24) is 5.32 Å². The van der Waals surface area contributed by atoms with Gasteiger partial charge < -0.3 is 20.3 Å². The maximum Gasteiger partial charge on any atom is 0.407 e. The molecule has 0 aromatic rings. The lowest BCUT2D eigenvalue weighted by molar-refractivity contribution is 0.111. The number of aliphatic hydroxyl groups is 2. The highest BCUT2D eigenvalue weighted by atomic mass is 16.6. The van der Waals surface area contributed by atoms with Gasteiger partial charge in [0, 0.05) is 12.6 Å². The predicted molar refractivity (Wildman–Crippen MR) is 47.3 cm³/mol. The van der Waals surface area contributed by atoms with Crippen molar-refractivity contribution in [3.63, 3.8) is 0 Å². The maximum atomic E-state index is 10.9. The number of hydrogen-bond acceptors (Lipinski definition) is 4. The monoisotopic (exact) mass is 191 g/mol. The number of carbonyl (C=O) groups excluding carboxylic acids is 1. The molecule has 0 aliphatic rings. The van der Waals surface area contributed by atoms with E-state index in [9.17, 15) is 4.79 Å². The normalized spacial score (nSPS) is 14.8. The highest BCUT2D eigenvalue weighted by Crippen LogP contribution is 2.00. The molecule has 0 saturated heterocycles. The summed E-state index contributed by atoms with van der Waals surface area (Å²) >= 11 is 0. The number of rotatable bonds is 5. The average Bonchev–Trinajstić information content (AvgIpc) is 2.13. The summed E-state index contributed by atoms with van der Waals surface area (Å²) in [5.41, 5.74) is 0. The molecule has 0 aliphatic carbocycles. The molecule has 0 aromatic heterocycles. The van der Waals surface area contributed by atoms with Gasteiger partial charge in [-0.25, -0.2) is 4.79 Å². The number of aliphatic hydroxyl groups excluding tert-OH is 2. The van der Waals surface area contributed by atoms with Crippen LogP contribution < -0.4 is 5.32 Å². The Morgan fingerprint density at radius 3 is 2.54 bits per heavy atom. The number of ether oxygens (including phenoxy) is 1. The van der Waals surface area contributed by atoms with E-state index in [1.807, 2.05) is 6.92 Å². The fourth-order valence-corrected chi connectivity index (χ4v) is 0.666. The highest BCUT2D eigenvalue weighted by molar-refractivity contribution is 5.67. The first-order valence-corrected chi connectivity index (χ1v) is 4.26. The van der Waals surface area contributed by atoms with Crippen molar-refractivity contribution < 1.29 is 19.7 Å². The number of amides is 1. The molecule has 0 heterocycles. The van der Waals surface area contributed by atoms with Crippen LogP contribution in [-0.2, 0) is 4.74 Å². The molecule has 5 nitrogen and oxygen atoms in total. The first-order valence-electron chi connectivity index (χ1n) is 4.26. The van der Waals surface area contributed by atoms with Crippen molar-refractivity contribution in [1.29, 1.82) is 0 Å². The van der Waals surface area contributed by atoms with E-state index in [0.717, 1.165) is 0 Å². The molecule has 0 spiro atoms. The fraction of sp³-hybridized carbons (Fsp3) is 0.875. The van der Waals surface area contributed by atoms with Crippen LogP contribution in [0.25, 0.3) is 0 Å². The Balaban J connectivity index is 3.64. The third-order valence-corrected chi connectivity index (χ3v) is 1.81. The SMILES string of the molecule is CC(CO)C(C)NC(=O)OCCO. The van der Waals surface area contributed by atoms with Gasteiger partial charge in [0.25, 0.3) is 0 Å². The molecule has 0 aromatic carbocycles. The molecule has 3 N–H and O–H groups in total. The molecule has 0 aliphatic heterocycles. The zero-order chi connectivity index (χ0) is 10.3. The minimum Gasteiger partial charge on any atom is -0.447 e. The molecular weight excluding hydrogens is 174 g/mol. The van der Waals surface area contributed by atoms with Crippen LogP contribution in [0.15, 0.2) is 0 Å². The lowest BCUT2D eigenvalue weighted by Gasteiger charge is -2.18. The standard InChI is InChI=1S/C8H17NO4/c1-6(5-11)7(2)9-8(12)13-4-3-10/h6-7,10-11H,3-5H2,1-2H3,(H,9,12). The van der Waals surface area contributed by atoms with Crippen LogP contribution in [0.2, 0.25) is 0 Å². The summed E-state index contributed by atoms with van der Waals surface area (Å²) in [6.07, 6.45) is -0.568. The largest absolute Gasteiger partial charge is 0.447 e. The van der Waals surface area contributed by atoms with Gasteiger partial charge in [0.2, 0.25) is 0 Å². The lowest BCUT2D eigenvalue weighted by atomic mass is 10.1. The van der Waals surface area contributed by atoms with Gasteiger partial charge in [-0.3, -0.25) is 0 Å². The Hall–Kier alpha value is -0.810. The molecule has 0 radical (unpaired) electrons. The summed E-state index contributed by atoms with van der Waals surface area (Å²) in [5.74, 6) is -0.0123. The third-order valence-electron chi connectivity index (χ3n) is 1.81. The Labute approximate surface area is 77.7 Å². The van der Waals surface area contributed by atoms with Gasteiger partial charge in [-0.1, -0.05) is 6.92 Å². The molecule has 5 heteroatoms. The maximum absolute atomic E-state index is 10.9. The van der Waals surface area contributed by atoms with E-state index in [2.05, 4.69) is 10.1 Å². The van der Waals surface area contributed by atoms with Crippen LogP contribution >= 0.6 is 0 Å². The van der Waals surface area contributed by atoms with Crippen molar-refractivity contribution in [2.24, 2.45) is 5.92 Å². The molecule has 78 valence electrons. The van der Waals surface area contributed by atoms with E-state index in [0.29, 0.717) is 0 Å². The smallest absolute Gasteiger partial charge is 0.407 e. The molecule has 1 amide bonds. The van der Waals surface area contributed by atoms with Gasteiger partial charge in [0.05, 0.1) is 6.61 Å². The number of alkyl carbamates (subject to hydrolysis) is 1. The van der Waals surface area contributed by atoms with Gasteiger partial charge in [0.15, 0.2) is 0 Å². The van der Waals surface area contributed by atoms with Crippen molar-refractivity contribution >= 4 is 6.09 Å². The second-order valence-electron chi connectivity index (χ2n) is 2.95. The summed E-state index contributed by atoms with van der Waals surface area (Å²) in [6, 6.07) is -0.142. The average molecular weight is 191 g/mol. The minimum atomic E-state index is -0.568. The van der Waals surface area contributed by atoms with Crippen molar-refractivity contribution in [2.75, 3.05) is 19.8 Å². The van der Waals surface area contributed by atoms with E-state index < -0.39 is 6.09 Å². The van der Waals surface area contributed by atoms with E-state index in [-0.39, 0.29) is 31.8 Å². The fourth-order valence-electron chi connectivity index (χ4n) is 0.666. The lowest BCUT2D eigenvalue weighted by Crippen LogP contribution is -2.38. The van der Waals surface area contributed by atoms with Crippen LogP contribution in [0.4, 0.5) is 4.79 Å². The van der Waals surface area contributed by atoms with Crippen LogP contribution in [0.3, 0.4) is 0 Å². The molecule has 2 atom stereocenters. The second kappa shape index (κ2) is 6.68. The Bertz CT molecular complexity index is 151. The minimum absolute atomic E-state index is 0.00788. The van der Waals surface area contributed by atoms with Crippen LogP contribution in [0, 0.1) is 5.92 Å². The number of hydrogen-bond donors (Lipinski definition) is 3. The topological polar surface area (TPSA) is 78.8 Å². The summed E-state index contributed by atoms with van der Waals surface area (Å²) < 4.78 is 4.57. The molecule has 2 unspecified atom stereocenters. The van der Waals surface area contributed by atoms with E-state index in [1.54, 1.807) is 6.92 Å².